The second kappa shape index (κ2) is 4.81. The van der Waals surface area contributed by atoms with Crippen molar-refractivity contribution in [2.45, 2.75) is 37.7 Å². The van der Waals surface area contributed by atoms with Crippen molar-refractivity contribution in [1.82, 2.24) is 0 Å². The molecule has 1 atom stereocenters. The van der Waals surface area contributed by atoms with E-state index in [1.807, 2.05) is 0 Å². The third kappa shape index (κ3) is 2.37. The van der Waals surface area contributed by atoms with Gasteiger partial charge in [0.05, 0.1) is 6.61 Å². The predicted octanol–water partition coefficient (Wildman–Crippen LogP) is 4.88. The van der Waals surface area contributed by atoms with Crippen LogP contribution in [-0.4, -0.2) is 11.7 Å². The molecule has 1 unspecified atom stereocenters. The first-order valence-electron chi connectivity index (χ1n) is 6.90. The second-order valence-electron chi connectivity index (χ2n) is 5.43. The molecule has 2 aliphatic carbocycles. The molecule has 0 bridgehead atoms. The quantitative estimate of drug-likeness (QED) is 0.711. The van der Waals surface area contributed by atoms with Crippen LogP contribution in [0.25, 0.3) is 5.57 Å². The van der Waals surface area contributed by atoms with E-state index in [4.69, 9.17) is 16.3 Å². The highest BCUT2D eigenvalue weighted by Gasteiger charge is 2.43. The molecule has 2 heteroatoms. The summed E-state index contributed by atoms with van der Waals surface area (Å²) in [6.07, 6.45) is 6.26. The van der Waals surface area contributed by atoms with Crippen LogP contribution < -0.4 is 0 Å². The van der Waals surface area contributed by atoms with Crippen LogP contribution in [0.2, 0.25) is 0 Å². The molecule has 0 saturated heterocycles. The van der Waals surface area contributed by atoms with Gasteiger partial charge in [0.15, 0.2) is 0 Å². The van der Waals surface area contributed by atoms with E-state index in [0.717, 1.165) is 12.8 Å². The molecule has 0 radical (unpaired) electrons. The highest BCUT2D eigenvalue weighted by Crippen LogP contribution is 2.47. The van der Waals surface area contributed by atoms with Gasteiger partial charge >= 0.3 is 0 Å². The Morgan fingerprint density at radius 3 is 2.79 bits per heavy atom. The predicted molar refractivity (Wildman–Crippen MR) is 80.4 cm³/mol. The topological polar surface area (TPSA) is 9.23 Å². The Kier molecular flexibility index (Phi) is 3.28. The summed E-state index contributed by atoms with van der Waals surface area (Å²) in [6.45, 7) is 4.95. The highest BCUT2D eigenvalue weighted by atomic mass is 35.5. The van der Waals surface area contributed by atoms with Gasteiger partial charge in [-0.2, -0.15) is 0 Å². The minimum Gasteiger partial charge on any atom is -0.359 e. The van der Waals surface area contributed by atoms with Gasteiger partial charge < -0.3 is 4.74 Å². The van der Waals surface area contributed by atoms with E-state index in [2.05, 4.69) is 50.3 Å². The van der Waals surface area contributed by atoms with E-state index < -0.39 is 0 Å². The number of rotatable bonds is 4. The van der Waals surface area contributed by atoms with E-state index in [9.17, 15) is 0 Å². The van der Waals surface area contributed by atoms with Crippen LogP contribution in [-0.2, 0) is 4.74 Å². The van der Waals surface area contributed by atoms with Crippen LogP contribution in [0.3, 0.4) is 0 Å². The highest BCUT2D eigenvalue weighted by molar-refractivity contribution is 6.24. The fourth-order valence-corrected chi connectivity index (χ4v) is 2.91. The average Bonchev–Trinajstić information content (AvgIpc) is 3.08. The lowest BCUT2D eigenvalue weighted by Crippen LogP contribution is -2.13. The number of allylic oxidation sites excluding steroid dienone is 3. The number of hydrogen-bond donors (Lipinski definition) is 0. The Labute approximate surface area is 119 Å². The summed E-state index contributed by atoms with van der Waals surface area (Å²) in [7, 11) is 0. The lowest BCUT2D eigenvalue weighted by molar-refractivity contribution is 0.0849. The van der Waals surface area contributed by atoms with E-state index in [-0.39, 0.29) is 5.06 Å². The molecule has 100 valence electrons. The van der Waals surface area contributed by atoms with Crippen LogP contribution in [0.15, 0.2) is 42.0 Å². The first-order chi connectivity index (χ1) is 9.14. The van der Waals surface area contributed by atoms with E-state index >= 15 is 0 Å². The van der Waals surface area contributed by atoms with Crippen molar-refractivity contribution < 1.29 is 4.74 Å². The normalized spacial score (nSPS) is 24.1. The average molecular weight is 275 g/mol. The van der Waals surface area contributed by atoms with Gasteiger partial charge in [-0.3, -0.25) is 0 Å². The molecule has 1 nitrogen and oxygen atoms in total. The van der Waals surface area contributed by atoms with Crippen molar-refractivity contribution in [1.29, 1.82) is 0 Å². The number of fused-ring (bicyclic) bond motifs is 1. The Morgan fingerprint density at radius 2 is 2.11 bits per heavy atom. The number of ether oxygens (including phenoxy) is 1. The minimum absolute atomic E-state index is 0.346. The Balaban J connectivity index is 1.90. The van der Waals surface area contributed by atoms with Gasteiger partial charge in [-0.05, 0) is 43.4 Å². The van der Waals surface area contributed by atoms with Crippen molar-refractivity contribution in [3.8, 4) is 0 Å². The first-order valence-corrected chi connectivity index (χ1v) is 7.28. The maximum atomic E-state index is 6.24. The molecule has 0 heterocycles. The largest absolute Gasteiger partial charge is 0.359 e. The molecule has 1 aromatic carbocycles. The molecular weight excluding hydrogens is 256 g/mol. The van der Waals surface area contributed by atoms with Gasteiger partial charge in [0, 0.05) is 5.92 Å². The molecule has 0 aliphatic heterocycles. The van der Waals surface area contributed by atoms with Crippen molar-refractivity contribution in [3.05, 3.63) is 53.1 Å². The third-order valence-corrected chi connectivity index (χ3v) is 4.55. The Morgan fingerprint density at radius 1 is 1.37 bits per heavy atom. The molecule has 0 N–H and O–H groups in total. The van der Waals surface area contributed by atoms with Crippen LogP contribution in [0.4, 0.5) is 0 Å². The third-order valence-electron chi connectivity index (χ3n) is 4.06. The molecular formula is C17H19ClO. The standard InChI is InChI=1S/C17H19ClO/c1-3-6-13-12(2)16(11-19-17(18)9-10-17)15-8-5-4-7-14(13)15/h3-8,16H,9-11H2,1-2H3. The van der Waals surface area contributed by atoms with Gasteiger partial charge in [-0.15, -0.1) is 0 Å². The zero-order chi connectivity index (χ0) is 13.5. The van der Waals surface area contributed by atoms with Gasteiger partial charge in [-0.1, -0.05) is 53.6 Å². The lowest BCUT2D eigenvalue weighted by atomic mass is 9.98. The van der Waals surface area contributed by atoms with E-state index in [1.54, 1.807) is 0 Å². The summed E-state index contributed by atoms with van der Waals surface area (Å²) < 4.78 is 5.89. The van der Waals surface area contributed by atoms with Crippen molar-refractivity contribution in [2.75, 3.05) is 6.61 Å². The van der Waals surface area contributed by atoms with Crippen LogP contribution in [0.1, 0.15) is 43.7 Å². The van der Waals surface area contributed by atoms with Crippen molar-refractivity contribution >= 4 is 17.2 Å². The zero-order valence-corrected chi connectivity index (χ0v) is 12.2. The fourth-order valence-electron chi connectivity index (χ4n) is 2.76. The molecule has 19 heavy (non-hydrogen) atoms. The van der Waals surface area contributed by atoms with E-state index in [0.29, 0.717) is 12.5 Å². The maximum absolute atomic E-state index is 6.24. The smallest absolute Gasteiger partial charge is 0.142 e. The van der Waals surface area contributed by atoms with Crippen LogP contribution in [0, 0.1) is 0 Å². The summed E-state index contributed by atoms with van der Waals surface area (Å²) in [4.78, 5) is 0. The Hall–Kier alpha value is -1.05. The molecule has 1 fully saturated rings. The molecule has 1 saturated carbocycles. The molecule has 0 spiro atoms. The maximum Gasteiger partial charge on any atom is 0.142 e. The number of hydrogen-bond acceptors (Lipinski definition) is 1. The summed E-state index contributed by atoms with van der Waals surface area (Å²) in [5.41, 5.74) is 5.44. The molecule has 2 aliphatic rings. The second-order valence-corrected chi connectivity index (χ2v) is 6.12. The molecule has 0 amide bonds. The van der Waals surface area contributed by atoms with Gasteiger partial charge in [0.25, 0.3) is 0 Å². The Bertz CT molecular complexity index is 552. The molecule has 0 aromatic heterocycles. The van der Waals surface area contributed by atoms with Crippen LogP contribution in [0.5, 0.6) is 0 Å². The number of benzene rings is 1. The van der Waals surface area contributed by atoms with Gasteiger partial charge in [-0.25, -0.2) is 0 Å². The SMILES string of the molecule is CC=CC1=C(C)C(COC2(Cl)CC2)c2ccccc21. The fraction of sp³-hybridized carbons (Fsp3) is 0.412. The molecule has 1 aromatic rings. The first kappa shape index (κ1) is 13.0. The van der Waals surface area contributed by atoms with Crippen molar-refractivity contribution in [2.24, 2.45) is 0 Å². The number of alkyl halides is 1. The summed E-state index contributed by atoms with van der Waals surface area (Å²) in [5, 5.41) is -0.363. The van der Waals surface area contributed by atoms with Crippen LogP contribution >= 0.6 is 11.6 Å². The van der Waals surface area contributed by atoms with Crippen molar-refractivity contribution in [3.63, 3.8) is 0 Å². The van der Waals surface area contributed by atoms with E-state index in [1.165, 1.54) is 22.3 Å². The van der Waals surface area contributed by atoms with Gasteiger partial charge in [0.1, 0.15) is 5.06 Å². The monoisotopic (exact) mass is 274 g/mol. The zero-order valence-electron chi connectivity index (χ0n) is 11.4. The summed E-state index contributed by atoms with van der Waals surface area (Å²) in [6, 6.07) is 8.60. The summed E-state index contributed by atoms with van der Waals surface area (Å²) in [5.74, 6) is 0.346. The molecule has 3 rings (SSSR count). The number of halogens is 1. The minimum atomic E-state index is -0.363. The summed E-state index contributed by atoms with van der Waals surface area (Å²) >= 11 is 6.24. The lowest BCUT2D eigenvalue weighted by Gasteiger charge is -2.17. The van der Waals surface area contributed by atoms with Gasteiger partial charge in [0.2, 0.25) is 0 Å².